The average Bonchev–Trinajstić information content (AvgIpc) is 2.41. The number of hydrogen-bond donors (Lipinski definition) is 1. The fraction of sp³-hybridized carbons (Fsp3) is 0.625. The highest BCUT2D eigenvalue weighted by Gasteiger charge is 2.33. The van der Waals surface area contributed by atoms with E-state index in [1.54, 1.807) is 0 Å². The lowest BCUT2D eigenvalue weighted by Gasteiger charge is -2.37. The zero-order chi connectivity index (χ0) is 15.4. The Morgan fingerprint density at radius 1 is 1.33 bits per heavy atom. The molecule has 0 saturated heterocycles. The van der Waals surface area contributed by atoms with Crippen molar-refractivity contribution in [3.8, 4) is 0 Å². The summed E-state index contributed by atoms with van der Waals surface area (Å²) in [7, 11) is 0. The topological polar surface area (TPSA) is 21.3 Å². The minimum Gasteiger partial charge on any atom is -0.378 e. The van der Waals surface area contributed by atoms with Gasteiger partial charge in [-0.25, -0.2) is 8.78 Å². The molecule has 1 aliphatic carbocycles. The van der Waals surface area contributed by atoms with Crippen molar-refractivity contribution < 1.29 is 13.5 Å². The Bertz CT molecular complexity index is 478. The minimum absolute atomic E-state index is 0.145. The minimum atomic E-state index is -0.498. The highest BCUT2D eigenvalue weighted by molar-refractivity contribution is 9.10. The third-order valence-electron chi connectivity index (χ3n) is 4.04. The summed E-state index contributed by atoms with van der Waals surface area (Å²) in [5, 5.41) is 3.21. The van der Waals surface area contributed by atoms with Gasteiger partial charge >= 0.3 is 0 Å². The standard InChI is InChI=1S/C16H22BrF2NO/c1-3-20-14(9-10-7-11(8-10)21-4-2)15-13(18)6-5-12(17)16(15)19/h5-6,10-11,14,20H,3-4,7-9H2,1-2H3. The molecule has 0 spiro atoms. The second kappa shape index (κ2) is 7.65. The van der Waals surface area contributed by atoms with Crippen molar-refractivity contribution in [2.45, 2.75) is 45.3 Å². The summed E-state index contributed by atoms with van der Waals surface area (Å²) in [6, 6.07) is 2.43. The molecule has 0 radical (unpaired) electrons. The van der Waals surface area contributed by atoms with Gasteiger partial charge in [-0.1, -0.05) is 6.92 Å². The van der Waals surface area contributed by atoms with Crippen LogP contribution in [0, 0.1) is 17.6 Å². The van der Waals surface area contributed by atoms with Gasteiger partial charge in [-0.15, -0.1) is 0 Å². The number of ether oxygens (including phenoxy) is 1. The Morgan fingerprint density at radius 3 is 2.67 bits per heavy atom. The molecule has 0 bridgehead atoms. The van der Waals surface area contributed by atoms with E-state index in [0.29, 0.717) is 23.0 Å². The fourth-order valence-corrected chi connectivity index (χ4v) is 3.33. The van der Waals surface area contributed by atoms with Gasteiger partial charge in [-0.2, -0.15) is 0 Å². The predicted octanol–water partition coefficient (Wildman–Crippen LogP) is 4.58. The van der Waals surface area contributed by atoms with Crippen LogP contribution in [0.4, 0.5) is 8.78 Å². The molecule has 0 aromatic heterocycles. The Balaban J connectivity index is 2.08. The van der Waals surface area contributed by atoms with Crippen molar-refractivity contribution in [2.24, 2.45) is 5.92 Å². The van der Waals surface area contributed by atoms with E-state index in [1.165, 1.54) is 12.1 Å². The quantitative estimate of drug-likeness (QED) is 0.717. The zero-order valence-corrected chi connectivity index (χ0v) is 14.1. The maximum Gasteiger partial charge on any atom is 0.145 e. The second-order valence-corrected chi connectivity index (χ2v) is 6.37. The molecule has 118 valence electrons. The largest absolute Gasteiger partial charge is 0.378 e. The van der Waals surface area contributed by atoms with Gasteiger partial charge in [0.2, 0.25) is 0 Å². The molecule has 1 fully saturated rings. The molecule has 1 atom stereocenters. The zero-order valence-electron chi connectivity index (χ0n) is 12.5. The van der Waals surface area contributed by atoms with E-state index < -0.39 is 11.6 Å². The van der Waals surface area contributed by atoms with E-state index in [4.69, 9.17) is 4.74 Å². The van der Waals surface area contributed by atoms with Crippen LogP contribution in [0.15, 0.2) is 16.6 Å². The molecule has 1 unspecified atom stereocenters. The summed E-state index contributed by atoms with van der Waals surface area (Å²) >= 11 is 3.14. The van der Waals surface area contributed by atoms with Crippen molar-refractivity contribution in [2.75, 3.05) is 13.2 Å². The maximum atomic E-state index is 14.3. The van der Waals surface area contributed by atoms with Crippen molar-refractivity contribution in [1.82, 2.24) is 5.32 Å². The maximum absolute atomic E-state index is 14.3. The van der Waals surface area contributed by atoms with Crippen LogP contribution in [0.3, 0.4) is 0 Å². The number of nitrogens with one attached hydrogen (secondary N) is 1. The summed E-state index contributed by atoms with van der Waals surface area (Å²) in [4.78, 5) is 0. The van der Waals surface area contributed by atoms with Crippen LogP contribution in [0.1, 0.15) is 44.7 Å². The van der Waals surface area contributed by atoms with Crippen molar-refractivity contribution in [3.05, 3.63) is 33.8 Å². The second-order valence-electron chi connectivity index (χ2n) is 5.52. The lowest BCUT2D eigenvalue weighted by atomic mass is 9.77. The van der Waals surface area contributed by atoms with E-state index >= 15 is 0 Å². The van der Waals surface area contributed by atoms with Crippen molar-refractivity contribution in [3.63, 3.8) is 0 Å². The number of benzene rings is 1. The molecule has 2 rings (SSSR count). The normalized spacial score (nSPS) is 22.9. The Labute approximate surface area is 133 Å². The van der Waals surface area contributed by atoms with Gasteiger partial charge in [-0.05, 0) is 66.7 Å². The molecule has 1 aromatic carbocycles. The summed E-state index contributed by atoms with van der Waals surface area (Å²) in [5.41, 5.74) is 0.145. The first kappa shape index (κ1) is 16.8. The highest BCUT2D eigenvalue weighted by atomic mass is 79.9. The predicted molar refractivity (Wildman–Crippen MR) is 83.2 cm³/mol. The third kappa shape index (κ3) is 4.02. The lowest BCUT2D eigenvalue weighted by Crippen LogP contribution is -2.35. The average molecular weight is 362 g/mol. The van der Waals surface area contributed by atoms with Gasteiger partial charge in [0.05, 0.1) is 10.6 Å². The third-order valence-corrected chi connectivity index (χ3v) is 4.65. The molecule has 1 saturated carbocycles. The van der Waals surface area contributed by atoms with Crippen LogP contribution >= 0.6 is 15.9 Å². The molecule has 1 N–H and O–H groups in total. The van der Waals surface area contributed by atoms with E-state index in [2.05, 4.69) is 21.2 Å². The van der Waals surface area contributed by atoms with Gasteiger partial charge in [0, 0.05) is 18.2 Å². The van der Waals surface area contributed by atoms with Crippen LogP contribution in [0.2, 0.25) is 0 Å². The first-order valence-electron chi connectivity index (χ1n) is 7.55. The van der Waals surface area contributed by atoms with Crippen LogP contribution in [0.25, 0.3) is 0 Å². The van der Waals surface area contributed by atoms with Gasteiger partial charge in [0.1, 0.15) is 11.6 Å². The molecule has 2 nitrogen and oxygen atoms in total. The Hall–Kier alpha value is -0.520. The van der Waals surface area contributed by atoms with Crippen molar-refractivity contribution in [1.29, 1.82) is 0 Å². The molecular weight excluding hydrogens is 340 g/mol. The van der Waals surface area contributed by atoms with Crippen LogP contribution in [-0.4, -0.2) is 19.3 Å². The molecule has 0 amide bonds. The molecule has 5 heteroatoms. The number of rotatable bonds is 7. The Kier molecular flexibility index (Phi) is 6.14. The van der Waals surface area contributed by atoms with E-state index in [1.807, 2.05) is 13.8 Å². The Morgan fingerprint density at radius 2 is 2.05 bits per heavy atom. The van der Waals surface area contributed by atoms with Gasteiger partial charge in [0.15, 0.2) is 0 Å². The summed E-state index contributed by atoms with van der Waals surface area (Å²) in [5.74, 6) is -0.521. The van der Waals surface area contributed by atoms with Gasteiger partial charge < -0.3 is 10.1 Å². The van der Waals surface area contributed by atoms with E-state index in [0.717, 1.165) is 25.9 Å². The molecule has 1 aliphatic rings. The van der Waals surface area contributed by atoms with E-state index in [9.17, 15) is 8.78 Å². The SMILES string of the molecule is CCNC(CC1CC(OCC)C1)c1c(F)ccc(Br)c1F. The number of hydrogen-bond acceptors (Lipinski definition) is 2. The summed E-state index contributed by atoms with van der Waals surface area (Å²) in [6.45, 7) is 5.34. The highest BCUT2D eigenvalue weighted by Crippen LogP contribution is 2.38. The monoisotopic (exact) mass is 361 g/mol. The molecular formula is C16H22BrF2NO. The summed E-state index contributed by atoms with van der Waals surface area (Å²) in [6.07, 6.45) is 3.02. The van der Waals surface area contributed by atoms with Gasteiger partial charge in [-0.3, -0.25) is 0 Å². The van der Waals surface area contributed by atoms with Crippen LogP contribution in [0.5, 0.6) is 0 Å². The van der Waals surface area contributed by atoms with Crippen LogP contribution in [-0.2, 0) is 4.74 Å². The molecule has 1 aromatic rings. The number of halogens is 3. The van der Waals surface area contributed by atoms with Crippen LogP contribution < -0.4 is 5.32 Å². The molecule has 0 heterocycles. The fourth-order valence-electron chi connectivity index (χ4n) is 2.98. The molecule has 0 aliphatic heterocycles. The lowest BCUT2D eigenvalue weighted by molar-refractivity contribution is -0.0292. The smallest absolute Gasteiger partial charge is 0.145 e. The van der Waals surface area contributed by atoms with Gasteiger partial charge in [0.25, 0.3) is 0 Å². The van der Waals surface area contributed by atoms with Crippen molar-refractivity contribution >= 4 is 15.9 Å². The van der Waals surface area contributed by atoms with E-state index in [-0.39, 0.29) is 11.6 Å². The molecule has 21 heavy (non-hydrogen) atoms. The summed E-state index contributed by atoms with van der Waals surface area (Å²) < 4.78 is 34.2. The first-order valence-corrected chi connectivity index (χ1v) is 8.34. The first-order chi connectivity index (χ1) is 10.1.